The molecular weight excluding hydrogens is 232 g/mol. The summed E-state index contributed by atoms with van der Waals surface area (Å²) in [5.41, 5.74) is 4.06. The van der Waals surface area contributed by atoms with Gasteiger partial charge in [-0.25, -0.2) is 0 Å². The van der Waals surface area contributed by atoms with Crippen molar-refractivity contribution in [3.8, 4) is 0 Å². The number of nitrogens with zero attached hydrogens (tertiary/aromatic N) is 1. The van der Waals surface area contributed by atoms with E-state index in [9.17, 15) is 0 Å². The molecule has 0 aliphatic carbocycles. The highest BCUT2D eigenvalue weighted by Gasteiger charge is 2.13. The van der Waals surface area contributed by atoms with E-state index in [1.54, 1.807) is 0 Å². The van der Waals surface area contributed by atoms with Crippen molar-refractivity contribution in [3.63, 3.8) is 0 Å². The molecule has 2 heteroatoms. The number of hydrogen-bond acceptors (Lipinski definition) is 2. The highest BCUT2D eigenvalue weighted by Crippen LogP contribution is 2.26. The summed E-state index contributed by atoms with van der Waals surface area (Å²) in [6.45, 7) is 9.19. The van der Waals surface area contributed by atoms with E-state index in [0.717, 1.165) is 0 Å². The van der Waals surface area contributed by atoms with Crippen LogP contribution in [-0.2, 0) is 0 Å². The second-order valence-electron chi connectivity index (χ2n) is 5.88. The van der Waals surface area contributed by atoms with Crippen LogP contribution in [0.25, 0.3) is 0 Å². The number of benzene rings is 1. The van der Waals surface area contributed by atoms with Gasteiger partial charge in [0.25, 0.3) is 0 Å². The first-order valence-electron chi connectivity index (χ1n) is 7.83. The van der Waals surface area contributed by atoms with Crippen LogP contribution in [0, 0.1) is 6.92 Å². The number of anilines is 2. The Kier molecular flexibility index (Phi) is 5.12. The molecule has 0 spiro atoms. The number of rotatable bonds is 6. The Morgan fingerprint density at radius 3 is 2.63 bits per heavy atom. The van der Waals surface area contributed by atoms with Gasteiger partial charge in [-0.05, 0) is 56.9 Å². The molecule has 0 saturated carbocycles. The summed E-state index contributed by atoms with van der Waals surface area (Å²) in [6, 6.07) is 7.43. The van der Waals surface area contributed by atoms with Crippen molar-refractivity contribution in [2.45, 2.75) is 58.9 Å². The fourth-order valence-corrected chi connectivity index (χ4v) is 2.83. The Labute approximate surface area is 118 Å². The molecule has 19 heavy (non-hydrogen) atoms. The van der Waals surface area contributed by atoms with Crippen LogP contribution >= 0.6 is 0 Å². The average molecular weight is 260 g/mol. The highest BCUT2D eigenvalue weighted by molar-refractivity contribution is 5.60. The van der Waals surface area contributed by atoms with Crippen LogP contribution in [0.1, 0.15) is 51.5 Å². The lowest BCUT2D eigenvalue weighted by Gasteiger charge is -2.21. The quantitative estimate of drug-likeness (QED) is 0.805. The molecule has 1 fully saturated rings. The van der Waals surface area contributed by atoms with Crippen LogP contribution in [0.2, 0.25) is 0 Å². The zero-order valence-corrected chi connectivity index (χ0v) is 12.7. The molecule has 0 radical (unpaired) electrons. The summed E-state index contributed by atoms with van der Waals surface area (Å²) in [7, 11) is 0. The molecule has 1 saturated heterocycles. The molecule has 0 bridgehead atoms. The third-order valence-electron chi connectivity index (χ3n) is 4.07. The summed E-state index contributed by atoms with van der Waals surface area (Å²) < 4.78 is 0. The van der Waals surface area contributed by atoms with Crippen LogP contribution in [-0.4, -0.2) is 19.1 Å². The second-order valence-corrected chi connectivity index (χ2v) is 5.88. The molecule has 2 rings (SSSR count). The van der Waals surface area contributed by atoms with Gasteiger partial charge >= 0.3 is 0 Å². The predicted molar refractivity (Wildman–Crippen MR) is 85.2 cm³/mol. The standard InChI is InChI=1S/C17H28N2/c1-4-5-8-15(3)18-17-10-9-16(13-14(17)2)19-11-6-7-12-19/h9-10,13,15,18H,4-8,11-12H2,1-3H3. The first-order valence-corrected chi connectivity index (χ1v) is 7.83. The molecule has 106 valence electrons. The van der Waals surface area contributed by atoms with E-state index in [1.165, 1.54) is 62.1 Å². The van der Waals surface area contributed by atoms with Gasteiger partial charge in [0, 0.05) is 30.5 Å². The topological polar surface area (TPSA) is 15.3 Å². The second kappa shape index (κ2) is 6.83. The van der Waals surface area contributed by atoms with Crippen molar-refractivity contribution in [2.24, 2.45) is 0 Å². The zero-order valence-electron chi connectivity index (χ0n) is 12.7. The predicted octanol–water partition coefficient (Wildman–Crippen LogP) is 4.59. The fourth-order valence-electron chi connectivity index (χ4n) is 2.83. The molecular formula is C17H28N2. The number of aryl methyl sites for hydroxylation is 1. The van der Waals surface area contributed by atoms with Crippen molar-refractivity contribution in [1.82, 2.24) is 0 Å². The zero-order chi connectivity index (χ0) is 13.7. The van der Waals surface area contributed by atoms with Gasteiger partial charge in [0.1, 0.15) is 0 Å². The van der Waals surface area contributed by atoms with Gasteiger partial charge in [0.2, 0.25) is 0 Å². The van der Waals surface area contributed by atoms with Crippen molar-refractivity contribution in [2.75, 3.05) is 23.3 Å². The van der Waals surface area contributed by atoms with Gasteiger partial charge in [0.15, 0.2) is 0 Å². The van der Waals surface area contributed by atoms with Crippen LogP contribution < -0.4 is 10.2 Å². The molecule has 1 atom stereocenters. The monoisotopic (exact) mass is 260 g/mol. The van der Waals surface area contributed by atoms with Crippen molar-refractivity contribution < 1.29 is 0 Å². The van der Waals surface area contributed by atoms with E-state index in [-0.39, 0.29) is 0 Å². The van der Waals surface area contributed by atoms with E-state index >= 15 is 0 Å². The van der Waals surface area contributed by atoms with E-state index in [0.29, 0.717) is 6.04 Å². The Morgan fingerprint density at radius 2 is 2.00 bits per heavy atom. The molecule has 1 N–H and O–H groups in total. The maximum atomic E-state index is 3.64. The van der Waals surface area contributed by atoms with Gasteiger partial charge in [-0.1, -0.05) is 19.8 Å². The van der Waals surface area contributed by atoms with Gasteiger partial charge in [0.05, 0.1) is 0 Å². The van der Waals surface area contributed by atoms with Crippen molar-refractivity contribution in [3.05, 3.63) is 23.8 Å². The largest absolute Gasteiger partial charge is 0.382 e. The third kappa shape index (κ3) is 3.89. The van der Waals surface area contributed by atoms with E-state index in [4.69, 9.17) is 0 Å². The molecule has 2 nitrogen and oxygen atoms in total. The summed E-state index contributed by atoms with van der Waals surface area (Å²) in [5, 5.41) is 3.64. The Morgan fingerprint density at radius 1 is 1.26 bits per heavy atom. The fraction of sp³-hybridized carbons (Fsp3) is 0.647. The number of hydrogen-bond donors (Lipinski definition) is 1. The minimum absolute atomic E-state index is 0.566. The van der Waals surface area contributed by atoms with Gasteiger partial charge in [-0.3, -0.25) is 0 Å². The third-order valence-corrected chi connectivity index (χ3v) is 4.07. The van der Waals surface area contributed by atoms with Crippen molar-refractivity contribution in [1.29, 1.82) is 0 Å². The lowest BCUT2D eigenvalue weighted by atomic mass is 10.1. The van der Waals surface area contributed by atoms with Crippen LogP contribution in [0.3, 0.4) is 0 Å². The van der Waals surface area contributed by atoms with Gasteiger partial charge < -0.3 is 10.2 Å². The molecule has 1 heterocycles. The maximum Gasteiger partial charge on any atom is 0.0373 e. The first kappa shape index (κ1) is 14.2. The SMILES string of the molecule is CCCCC(C)Nc1ccc(N2CCCC2)cc1C. The average Bonchev–Trinajstić information content (AvgIpc) is 2.92. The lowest BCUT2D eigenvalue weighted by Crippen LogP contribution is -2.18. The molecule has 1 aliphatic heterocycles. The van der Waals surface area contributed by atoms with E-state index in [2.05, 4.69) is 49.2 Å². The van der Waals surface area contributed by atoms with Crippen LogP contribution in [0.5, 0.6) is 0 Å². The highest BCUT2D eigenvalue weighted by atomic mass is 15.1. The minimum atomic E-state index is 0.566. The molecule has 1 aromatic rings. The van der Waals surface area contributed by atoms with E-state index < -0.39 is 0 Å². The number of nitrogens with one attached hydrogen (secondary N) is 1. The summed E-state index contributed by atoms with van der Waals surface area (Å²) >= 11 is 0. The van der Waals surface area contributed by atoms with Gasteiger partial charge in [-0.2, -0.15) is 0 Å². The summed E-state index contributed by atoms with van der Waals surface area (Å²) in [6.07, 6.45) is 6.52. The van der Waals surface area contributed by atoms with Crippen molar-refractivity contribution >= 4 is 11.4 Å². The Bertz CT molecular complexity index is 394. The summed E-state index contributed by atoms with van der Waals surface area (Å²) in [4.78, 5) is 2.50. The van der Waals surface area contributed by atoms with E-state index in [1.807, 2.05) is 0 Å². The lowest BCUT2D eigenvalue weighted by molar-refractivity contribution is 0.645. The molecule has 1 unspecified atom stereocenters. The Hall–Kier alpha value is -1.18. The van der Waals surface area contributed by atoms with Gasteiger partial charge in [-0.15, -0.1) is 0 Å². The van der Waals surface area contributed by atoms with Crippen LogP contribution in [0.4, 0.5) is 11.4 Å². The maximum absolute atomic E-state index is 3.64. The first-order chi connectivity index (χ1) is 9.20. The summed E-state index contributed by atoms with van der Waals surface area (Å²) in [5.74, 6) is 0. The normalized spacial score (nSPS) is 16.7. The smallest absolute Gasteiger partial charge is 0.0373 e. The van der Waals surface area contributed by atoms with Crippen LogP contribution in [0.15, 0.2) is 18.2 Å². The minimum Gasteiger partial charge on any atom is -0.382 e. The molecule has 0 amide bonds. The molecule has 0 aromatic heterocycles. The number of unbranched alkanes of at least 4 members (excludes halogenated alkanes) is 1. The molecule has 1 aromatic carbocycles. The molecule has 1 aliphatic rings. The Balaban J connectivity index is 1.98.